The van der Waals surface area contributed by atoms with Gasteiger partial charge in [0.25, 0.3) is 0 Å². The van der Waals surface area contributed by atoms with E-state index in [0.717, 1.165) is 5.01 Å². The van der Waals surface area contributed by atoms with E-state index in [2.05, 4.69) is 43.7 Å². The molecule has 9 nitrogen and oxygen atoms in total. The average Bonchev–Trinajstić information content (AvgIpc) is 3.69. The normalized spacial score (nSPS) is 16.5. The number of pyridine rings is 2. The number of fused-ring (bicyclic) bond motifs is 2. The second-order valence-corrected chi connectivity index (χ2v) is 12.4. The summed E-state index contributed by atoms with van der Waals surface area (Å²) in [6.07, 6.45) is -0.352. The lowest BCUT2D eigenvalue weighted by Crippen LogP contribution is -2.52. The number of anilines is 2. The molecule has 1 aliphatic heterocycles. The monoisotopic (exact) mass is 615 g/mol. The van der Waals surface area contributed by atoms with E-state index in [1.165, 1.54) is 24.7 Å². The molecule has 0 saturated heterocycles. The van der Waals surface area contributed by atoms with Crippen molar-refractivity contribution < 1.29 is 17.6 Å². The zero-order valence-electron chi connectivity index (χ0n) is 24.6. The van der Waals surface area contributed by atoms with Gasteiger partial charge in [0.15, 0.2) is 5.54 Å². The molecule has 2 aliphatic rings. The molecule has 1 atom stereocenters. The van der Waals surface area contributed by atoms with E-state index >= 15 is 0 Å². The van der Waals surface area contributed by atoms with Gasteiger partial charge >= 0.3 is 6.18 Å². The van der Waals surface area contributed by atoms with Crippen molar-refractivity contribution >= 4 is 33.2 Å². The SMILES string of the molecule is CC(C)(C)CNc1c(C#N)cnc2c(C#N)cc(N[C@H](C3=CN(C4(C(F)(F)F)CC4)NN3)c3ccc(F)c4ncccc34)cc12. The van der Waals surface area contributed by atoms with Gasteiger partial charge in [-0.05, 0) is 48.1 Å². The molecular formula is C32H29F4N9. The van der Waals surface area contributed by atoms with Crippen LogP contribution in [0.15, 0.2) is 60.7 Å². The van der Waals surface area contributed by atoms with Crippen LogP contribution in [-0.2, 0) is 0 Å². The topological polar surface area (TPSA) is 125 Å². The summed E-state index contributed by atoms with van der Waals surface area (Å²) in [6.45, 7) is 6.65. The minimum absolute atomic E-state index is 0.0643. The zero-order valence-corrected chi connectivity index (χ0v) is 24.6. The van der Waals surface area contributed by atoms with Gasteiger partial charge in [0.1, 0.15) is 23.5 Å². The first-order chi connectivity index (χ1) is 21.3. The summed E-state index contributed by atoms with van der Waals surface area (Å²) in [5, 5.41) is 28.7. The van der Waals surface area contributed by atoms with Gasteiger partial charge in [-0.15, -0.1) is 5.53 Å². The van der Waals surface area contributed by atoms with Crippen molar-refractivity contribution in [3.8, 4) is 12.1 Å². The summed E-state index contributed by atoms with van der Waals surface area (Å²) >= 11 is 0. The van der Waals surface area contributed by atoms with Gasteiger partial charge in [-0.25, -0.2) is 4.39 Å². The Morgan fingerprint density at radius 3 is 2.44 bits per heavy atom. The Morgan fingerprint density at radius 1 is 1.02 bits per heavy atom. The summed E-state index contributed by atoms with van der Waals surface area (Å²) in [4.78, 5) is 8.58. The molecule has 2 aromatic carbocycles. The number of hydrazine groups is 2. The highest BCUT2D eigenvalue weighted by molar-refractivity contribution is 5.99. The number of nitriles is 2. The standard InChI is InChI=1S/C32H29F4N9/c1-30(2,3)17-41-27-19(14-38)15-40-26-18(13-37)11-20(12-23(26)27)42-29(22-6-7-24(33)28-21(22)5-4-10-39-28)25-16-45(44-43-25)31(8-9-31)32(34,35)36/h4-7,10-12,15-16,29,42-44H,8-9,17H2,1-3H3,(H,40,41)/t29-/m0/s1. The predicted octanol–water partition coefficient (Wildman–Crippen LogP) is 6.54. The number of benzene rings is 2. The fraction of sp³-hybridized carbons (Fsp3) is 0.312. The number of nitrogens with one attached hydrogen (secondary N) is 4. The number of alkyl halides is 3. The van der Waals surface area contributed by atoms with Crippen molar-refractivity contribution in [3.63, 3.8) is 0 Å². The Hall–Kier alpha value is -5.14. The fourth-order valence-electron chi connectivity index (χ4n) is 5.49. The van der Waals surface area contributed by atoms with Crippen LogP contribution in [0.1, 0.15) is 56.3 Å². The van der Waals surface area contributed by atoms with Gasteiger partial charge < -0.3 is 16.1 Å². The quantitative estimate of drug-likeness (QED) is 0.172. The molecule has 0 bridgehead atoms. The number of nitrogens with zero attached hydrogens (tertiary/aromatic N) is 5. The molecule has 3 heterocycles. The van der Waals surface area contributed by atoms with Gasteiger partial charge in [0, 0.05) is 41.6 Å². The Kier molecular flexibility index (Phi) is 7.17. The van der Waals surface area contributed by atoms with Crippen LogP contribution in [0.4, 0.5) is 28.9 Å². The van der Waals surface area contributed by atoms with Crippen LogP contribution in [-0.4, -0.2) is 33.2 Å². The molecule has 0 amide bonds. The fourth-order valence-corrected chi connectivity index (χ4v) is 5.49. The predicted molar refractivity (Wildman–Crippen MR) is 161 cm³/mol. The maximum atomic E-state index is 14.8. The third-order valence-electron chi connectivity index (χ3n) is 8.00. The van der Waals surface area contributed by atoms with Crippen molar-refractivity contribution in [1.29, 1.82) is 10.5 Å². The second kappa shape index (κ2) is 10.8. The van der Waals surface area contributed by atoms with Crippen molar-refractivity contribution in [2.24, 2.45) is 5.41 Å². The maximum absolute atomic E-state index is 14.8. The summed E-state index contributed by atoms with van der Waals surface area (Å²) < 4.78 is 56.8. The summed E-state index contributed by atoms with van der Waals surface area (Å²) in [6, 6.07) is 13.0. The van der Waals surface area contributed by atoms with Crippen molar-refractivity contribution in [3.05, 3.63) is 83.2 Å². The maximum Gasteiger partial charge on any atom is 0.413 e. The van der Waals surface area contributed by atoms with Gasteiger partial charge in [-0.3, -0.25) is 15.0 Å². The summed E-state index contributed by atoms with van der Waals surface area (Å²) in [5.41, 5.74) is 6.18. The second-order valence-electron chi connectivity index (χ2n) is 12.4. The number of rotatable bonds is 7. The Labute approximate surface area is 256 Å². The summed E-state index contributed by atoms with van der Waals surface area (Å²) in [7, 11) is 0. The zero-order chi connectivity index (χ0) is 32.1. The van der Waals surface area contributed by atoms with Crippen molar-refractivity contribution in [2.75, 3.05) is 17.2 Å². The Bertz CT molecular complexity index is 1930. The number of hydrogen-bond acceptors (Lipinski definition) is 9. The highest BCUT2D eigenvalue weighted by Gasteiger charge is 2.67. The molecule has 13 heteroatoms. The minimum atomic E-state index is -4.47. The van der Waals surface area contributed by atoms with Crippen molar-refractivity contribution in [1.82, 2.24) is 25.9 Å². The van der Waals surface area contributed by atoms with E-state index in [9.17, 15) is 28.1 Å². The lowest BCUT2D eigenvalue weighted by atomic mass is 9.96. The average molecular weight is 616 g/mol. The molecule has 1 fully saturated rings. The summed E-state index contributed by atoms with van der Waals surface area (Å²) in [5.74, 6) is -0.544. The first-order valence-electron chi connectivity index (χ1n) is 14.3. The lowest BCUT2D eigenvalue weighted by molar-refractivity contribution is -0.195. The van der Waals surface area contributed by atoms with E-state index in [1.807, 2.05) is 20.8 Å². The Morgan fingerprint density at radius 2 is 1.78 bits per heavy atom. The molecule has 0 spiro atoms. The number of halogens is 4. The molecular weight excluding hydrogens is 586 g/mol. The van der Waals surface area contributed by atoms with Gasteiger partial charge in [0.05, 0.1) is 34.1 Å². The third kappa shape index (κ3) is 5.40. The van der Waals surface area contributed by atoms with Crippen LogP contribution in [0.2, 0.25) is 0 Å². The van der Waals surface area contributed by atoms with Crippen LogP contribution < -0.4 is 21.6 Å². The molecule has 45 heavy (non-hydrogen) atoms. The molecule has 0 unspecified atom stereocenters. The van der Waals surface area contributed by atoms with E-state index < -0.39 is 23.6 Å². The number of aromatic nitrogens is 2. The third-order valence-corrected chi connectivity index (χ3v) is 8.00. The first-order valence-corrected chi connectivity index (χ1v) is 14.3. The molecule has 6 rings (SSSR count). The highest BCUT2D eigenvalue weighted by Crippen LogP contribution is 2.54. The van der Waals surface area contributed by atoms with Crippen LogP contribution in [0.5, 0.6) is 0 Å². The van der Waals surface area contributed by atoms with E-state index in [4.69, 9.17) is 0 Å². The largest absolute Gasteiger partial charge is 0.413 e. The van der Waals surface area contributed by atoms with Crippen LogP contribution in [0.3, 0.4) is 0 Å². The highest BCUT2D eigenvalue weighted by atomic mass is 19.4. The van der Waals surface area contributed by atoms with E-state index in [0.29, 0.717) is 51.0 Å². The number of hydrogen-bond donors (Lipinski definition) is 4. The lowest BCUT2D eigenvalue weighted by Gasteiger charge is -2.28. The van der Waals surface area contributed by atoms with Gasteiger partial charge in [0.2, 0.25) is 0 Å². The van der Waals surface area contributed by atoms with Gasteiger partial charge in [-0.2, -0.15) is 23.7 Å². The molecule has 4 aromatic rings. The molecule has 2 aromatic heterocycles. The van der Waals surface area contributed by atoms with Crippen LogP contribution in [0, 0.1) is 33.9 Å². The Balaban J connectivity index is 1.50. The van der Waals surface area contributed by atoms with Crippen molar-refractivity contribution in [2.45, 2.75) is 51.4 Å². The molecule has 1 aliphatic carbocycles. The molecule has 230 valence electrons. The molecule has 0 radical (unpaired) electrons. The van der Waals surface area contributed by atoms with Crippen LogP contribution >= 0.6 is 0 Å². The van der Waals surface area contributed by atoms with E-state index in [-0.39, 0.29) is 29.3 Å². The smallest absolute Gasteiger partial charge is 0.383 e. The first kappa shape index (κ1) is 29.9. The molecule has 1 saturated carbocycles. The van der Waals surface area contributed by atoms with Gasteiger partial charge in [-0.1, -0.05) is 32.9 Å². The van der Waals surface area contributed by atoms with E-state index in [1.54, 1.807) is 30.3 Å². The molecule has 4 N–H and O–H groups in total. The minimum Gasteiger partial charge on any atom is -0.383 e. The van der Waals surface area contributed by atoms with Crippen LogP contribution in [0.25, 0.3) is 21.8 Å².